The summed E-state index contributed by atoms with van der Waals surface area (Å²) >= 11 is 0. The molecule has 8 nitrogen and oxygen atoms in total. The van der Waals surface area contributed by atoms with Crippen molar-refractivity contribution >= 4 is 20.3 Å². The second-order valence-electron chi connectivity index (χ2n) is 13.1. The summed E-state index contributed by atoms with van der Waals surface area (Å²) in [6.45, 7) is 11.6. The maximum absolute atomic E-state index is 13.8. The first kappa shape index (κ1) is 31.7. The largest absolute Gasteiger partial charge is 0.448 e. The van der Waals surface area contributed by atoms with Crippen LogP contribution >= 0.6 is 0 Å². The van der Waals surface area contributed by atoms with E-state index in [4.69, 9.17) is 19.7 Å². The van der Waals surface area contributed by atoms with E-state index in [1.54, 1.807) is 0 Å². The molecule has 0 aromatic heterocycles. The minimum atomic E-state index is -2.17. The lowest BCUT2D eigenvalue weighted by Crippen LogP contribution is -2.57. The standard InChI is InChI=1S/C35H43N3O5Si/c1-35(2,3)44(4,5)43-22-25-19-26(37-42-21-24-13-7-6-8-14-24)20-38(32(25)33(36)39)34(40)41-23-31-29-17-11-9-15-27(29)28-16-10-12-18-30(28)31/h6-19,26,31-32,37H,20-23H2,1-5H3,(H2,36,39). The first-order valence-electron chi connectivity index (χ1n) is 15.1. The fraction of sp³-hybridized carbons (Fsp3) is 0.371. The fourth-order valence-electron chi connectivity index (χ4n) is 5.60. The van der Waals surface area contributed by atoms with Crippen LogP contribution in [0.1, 0.15) is 43.4 Å². The highest BCUT2D eigenvalue weighted by molar-refractivity contribution is 6.74. The number of nitrogens with zero attached hydrogens (tertiary/aromatic N) is 1. The monoisotopic (exact) mass is 613 g/mol. The zero-order valence-electron chi connectivity index (χ0n) is 26.2. The second-order valence-corrected chi connectivity index (χ2v) is 17.9. The molecule has 3 N–H and O–H groups in total. The van der Waals surface area contributed by atoms with E-state index in [1.807, 2.05) is 60.7 Å². The minimum absolute atomic E-state index is 0.0343. The number of hydroxylamine groups is 1. The van der Waals surface area contributed by atoms with Crippen LogP contribution in [0.2, 0.25) is 18.1 Å². The quantitative estimate of drug-likeness (QED) is 0.162. The number of nitrogens with two attached hydrogens (primary N) is 1. The van der Waals surface area contributed by atoms with E-state index in [2.05, 4.69) is 63.6 Å². The molecule has 2 amide bonds. The molecule has 1 aliphatic heterocycles. The molecule has 1 aliphatic carbocycles. The van der Waals surface area contributed by atoms with Crippen molar-refractivity contribution in [1.29, 1.82) is 0 Å². The Morgan fingerprint density at radius 2 is 1.50 bits per heavy atom. The van der Waals surface area contributed by atoms with Gasteiger partial charge >= 0.3 is 6.09 Å². The molecule has 232 valence electrons. The van der Waals surface area contributed by atoms with Gasteiger partial charge in [-0.1, -0.05) is 106 Å². The number of carbonyl (C=O) groups is 2. The SMILES string of the molecule is CC(C)(C)[Si](C)(C)OCC1=CC(NOCc2ccccc2)CN(C(=O)OCC2c3ccccc3-c3ccccc32)C1C(N)=O. The maximum Gasteiger partial charge on any atom is 0.410 e. The van der Waals surface area contributed by atoms with Gasteiger partial charge in [0.05, 0.1) is 19.3 Å². The van der Waals surface area contributed by atoms with E-state index >= 15 is 0 Å². The van der Waals surface area contributed by atoms with E-state index in [0.29, 0.717) is 12.2 Å². The third-order valence-corrected chi connectivity index (χ3v) is 13.5. The maximum atomic E-state index is 13.8. The first-order valence-corrected chi connectivity index (χ1v) is 18.0. The predicted octanol–water partition coefficient (Wildman–Crippen LogP) is 6.14. The van der Waals surface area contributed by atoms with Gasteiger partial charge in [0.25, 0.3) is 0 Å². The Morgan fingerprint density at radius 1 is 0.909 bits per heavy atom. The number of hydrogen-bond donors (Lipinski definition) is 2. The zero-order valence-corrected chi connectivity index (χ0v) is 27.2. The van der Waals surface area contributed by atoms with Gasteiger partial charge in [0.1, 0.15) is 12.6 Å². The van der Waals surface area contributed by atoms with Crippen molar-refractivity contribution < 1.29 is 23.6 Å². The molecule has 0 fully saturated rings. The van der Waals surface area contributed by atoms with Gasteiger partial charge < -0.3 is 14.9 Å². The molecule has 44 heavy (non-hydrogen) atoms. The summed E-state index contributed by atoms with van der Waals surface area (Å²) in [7, 11) is -2.17. The van der Waals surface area contributed by atoms with E-state index in [1.165, 1.54) is 4.90 Å². The number of ether oxygens (including phenoxy) is 1. The third kappa shape index (κ3) is 6.81. The molecule has 1 heterocycles. The van der Waals surface area contributed by atoms with Crippen LogP contribution in [-0.2, 0) is 25.4 Å². The van der Waals surface area contributed by atoms with Crippen molar-refractivity contribution in [1.82, 2.24) is 10.4 Å². The molecule has 3 aromatic rings. The summed E-state index contributed by atoms with van der Waals surface area (Å²) < 4.78 is 12.5. The van der Waals surface area contributed by atoms with Crippen LogP contribution in [0, 0.1) is 0 Å². The molecule has 2 unspecified atom stereocenters. The third-order valence-electron chi connectivity index (χ3n) is 9.03. The Hall–Kier alpha value is -3.76. The van der Waals surface area contributed by atoms with Crippen LogP contribution in [-0.4, -0.2) is 57.1 Å². The molecular weight excluding hydrogens is 570 g/mol. The molecule has 2 atom stereocenters. The Morgan fingerprint density at radius 3 is 2.09 bits per heavy atom. The number of hydrogen-bond acceptors (Lipinski definition) is 6. The van der Waals surface area contributed by atoms with Crippen LogP contribution in [0.15, 0.2) is 90.5 Å². The molecule has 0 radical (unpaired) electrons. The Kier molecular flexibility index (Phi) is 9.41. The van der Waals surface area contributed by atoms with Crippen LogP contribution < -0.4 is 11.2 Å². The smallest absolute Gasteiger partial charge is 0.410 e. The molecule has 5 rings (SSSR count). The number of carbonyl (C=O) groups excluding carboxylic acids is 2. The highest BCUT2D eigenvalue weighted by atomic mass is 28.4. The highest BCUT2D eigenvalue weighted by Gasteiger charge is 2.42. The predicted molar refractivity (Wildman–Crippen MR) is 174 cm³/mol. The molecule has 0 bridgehead atoms. The summed E-state index contributed by atoms with van der Waals surface area (Å²) in [4.78, 5) is 34.0. The van der Waals surface area contributed by atoms with Crippen molar-refractivity contribution in [3.63, 3.8) is 0 Å². The average Bonchev–Trinajstić information content (AvgIpc) is 3.32. The number of benzene rings is 3. The summed E-state index contributed by atoms with van der Waals surface area (Å²) in [6.07, 6.45) is 1.30. The number of rotatable bonds is 10. The summed E-state index contributed by atoms with van der Waals surface area (Å²) in [6, 6.07) is 24.8. The van der Waals surface area contributed by atoms with Crippen molar-refractivity contribution in [2.24, 2.45) is 5.73 Å². The summed E-state index contributed by atoms with van der Waals surface area (Å²) in [5.74, 6) is -0.740. The number of primary amides is 1. The van der Waals surface area contributed by atoms with E-state index < -0.39 is 32.4 Å². The Bertz CT molecular complexity index is 1470. The van der Waals surface area contributed by atoms with Crippen molar-refractivity contribution in [2.45, 2.75) is 63.5 Å². The zero-order chi connectivity index (χ0) is 31.5. The van der Waals surface area contributed by atoms with Gasteiger partial charge in [0.2, 0.25) is 5.91 Å². The highest BCUT2D eigenvalue weighted by Crippen LogP contribution is 2.44. The van der Waals surface area contributed by atoms with Crippen molar-refractivity contribution in [2.75, 3.05) is 19.8 Å². The molecule has 9 heteroatoms. The van der Waals surface area contributed by atoms with Crippen LogP contribution in [0.25, 0.3) is 11.1 Å². The van der Waals surface area contributed by atoms with Gasteiger partial charge in [0, 0.05) is 12.5 Å². The van der Waals surface area contributed by atoms with Crippen LogP contribution in [0.4, 0.5) is 4.79 Å². The molecule has 0 saturated heterocycles. The molecule has 0 spiro atoms. The second kappa shape index (κ2) is 13.1. The van der Waals surface area contributed by atoms with Gasteiger partial charge in [-0.2, -0.15) is 5.48 Å². The lowest BCUT2D eigenvalue weighted by atomic mass is 9.97. The van der Waals surface area contributed by atoms with Crippen LogP contribution in [0.3, 0.4) is 0 Å². The fourth-order valence-corrected chi connectivity index (χ4v) is 6.56. The lowest BCUT2D eigenvalue weighted by molar-refractivity contribution is -0.122. The van der Waals surface area contributed by atoms with E-state index in [-0.39, 0.29) is 30.7 Å². The lowest BCUT2D eigenvalue weighted by Gasteiger charge is -2.40. The molecular formula is C35H43N3O5Si. The van der Waals surface area contributed by atoms with Crippen molar-refractivity contribution in [3.05, 3.63) is 107 Å². The number of nitrogens with one attached hydrogen (secondary N) is 1. The van der Waals surface area contributed by atoms with Gasteiger partial charge in [-0.05, 0) is 51.5 Å². The van der Waals surface area contributed by atoms with Gasteiger partial charge in [-0.25, -0.2) is 4.79 Å². The molecule has 2 aliphatic rings. The normalized spacial score (nSPS) is 18.4. The van der Waals surface area contributed by atoms with Crippen LogP contribution in [0.5, 0.6) is 0 Å². The first-order chi connectivity index (χ1) is 21.0. The average molecular weight is 614 g/mol. The summed E-state index contributed by atoms with van der Waals surface area (Å²) in [5, 5.41) is -0.0343. The number of amides is 2. The molecule has 0 saturated carbocycles. The van der Waals surface area contributed by atoms with E-state index in [0.717, 1.165) is 27.8 Å². The Balaban J connectivity index is 1.36. The van der Waals surface area contributed by atoms with Crippen molar-refractivity contribution in [3.8, 4) is 11.1 Å². The topological polar surface area (TPSA) is 103 Å². The van der Waals surface area contributed by atoms with Gasteiger partial charge in [-0.3, -0.25) is 14.5 Å². The van der Waals surface area contributed by atoms with E-state index in [9.17, 15) is 9.59 Å². The minimum Gasteiger partial charge on any atom is -0.448 e. The summed E-state index contributed by atoms with van der Waals surface area (Å²) in [5.41, 5.74) is 15.2. The molecule has 3 aromatic carbocycles. The van der Waals surface area contributed by atoms with Gasteiger partial charge in [0.15, 0.2) is 8.32 Å². The number of fused-ring (bicyclic) bond motifs is 3. The Labute approximate surface area is 261 Å². The van der Waals surface area contributed by atoms with Gasteiger partial charge in [-0.15, -0.1) is 0 Å².